The SMILES string of the molecule is O=c1cc(Cl)nc(C2CC2)n1CC1Cc2ccccc21. The Morgan fingerprint density at radius 3 is 2.85 bits per heavy atom. The van der Waals surface area contributed by atoms with Crippen molar-refractivity contribution in [3.8, 4) is 0 Å². The van der Waals surface area contributed by atoms with Crippen LogP contribution in [0.15, 0.2) is 35.1 Å². The molecule has 4 heteroatoms. The molecule has 0 N–H and O–H groups in total. The van der Waals surface area contributed by atoms with Gasteiger partial charge in [0.1, 0.15) is 11.0 Å². The first-order valence-electron chi connectivity index (χ1n) is 7.07. The highest BCUT2D eigenvalue weighted by molar-refractivity contribution is 6.29. The summed E-state index contributed by atoms with van der Waals surface area (Å²) >= 11 is 5.93. The Bertz CT molecular complexity index is 733. The van der Waals surface area contributed by atoms with Gasteiger partial charge in [0.05, 0.1) is 0 Å². The maximum absolute atomic E-state index is 12.2. The lowest BCUT2D eigenvalue weighted by Crippen LogP contribution is -2.30. The second-order valence-corrected chi connectivity index (χ2v) is 6.15. The third kappa shape index (κ3) is 1.97. The minimum Gasteiger partial charge on any atom is -0.296 e. The largest absolute Gasteiger partial charge is 0.296 e. The fourth-order valence-corrected chi connectivity index (χ4v) is 3.26. The lowest BCUT2D eigenvalue weighted by atomic mass is 9.77. The smallest absolute Gasteiger partial charge is 0.255 e. The van der Waals surface area contributed by atoms with Gasteiger partial charge in [-0.25, -0.2) is 4.98 Å². The molecule has 102 valence electrons. The average molecular weight is 287 g/mol. The lowest BCUT2D eigenvalue weighted by molar-refractivity contribution is 0.478. The first-order chi connectivity index (χ1) is 9.72. The number of rotatable bonds is 3. The Morgan fingerprint density at radius 2 is 2.10 bits per heavy atom. The average Bonchev–Trinajstić information content (AvgIpc) is 3.21. The second-order valence-electron chi connectivity index (χ2n) is 5.76. The lowest BCUT2D eigenvalue weighted by Gasteiger charge is -2.31. The van der Waals surface area contributed by atoms with Gasteiger partial charge in [-0.3, -0.25) is 9.36 Å². The molecule has 1 fully saturated rings. The van der Waals surface area contributed by atoms with Crippen molar-refractivity contribution in [2.45, 2.75) is 37.6 Å². The highest BCUT2D eigenvalue weighted by atomic mass is 35.5. The normalized spacial score (nSPS) is 20.4. The molecule has 1 saturated carbocycles. The van der Waals surface area contributed by atoms with E-state index in [9.17, 15) is 4.79 Å². The molecule has 1 heterocycles. The van der Waals surface area contributed by atoms with E-state index in [1.54, 1.807) is 0 Å². The summed E-state index contributed by atoms with van der Waals surface area (Å²) in [6, 6.07) is 9.89. The van der Waals surface area contributed by atoms with Crippen LogP contribution >= 0.6 is 11.6 Å². The molecular weight excluding hydrogens is 272 g/mol. The van der Waals surface area contributed by atoms with Crippen molar-refractivity contribution in [3.63, 3.8) is 0 Å². The summed E-state index contributed by atoms with van der Waals surface area (Å²) in [7, 11) is 0. The van der Waals surface area contributed by atoms with Crippen LogP contribution in [0.25, 0.3) is 0 Å². The van der Waals surface area contributed by atoms with Gasteiger partial charge in [0.15, 0.2) is 0 Å². The van der Waals surface area contributed by atoms with E-state index in [0.29, 0.717) is 17.0 Å². The first-order valence-corrected chi connectivity index (χ1v) is 7.45. The van der Waals surface area contributed by atoms with Crippen molar-refractivity contribution >= 4 is 11.6 Å². The van der Waals surface area contributed by atoms with Crippen LogP contribution < -0.4 is 5.56 Å². The number of hydrogen-bond acceptors (Lipinski definition) is 2. The summed E-state index contributed by atoms with van der Waals surface area (Å²) < 4.78 is 1.84. The van der Waals surface area contributed by atoms with E-state index in [1.165, 1.54) is 17.2 Å². The van der Waals surface area contributed by atoms with Crippen LogP contribution in [-0.2, 0) is 13.0 Å². The summed E-state index contributed by atoms with van der Waals surface area (Å²) in [5, 5.41) is 0.321. The maximum atomic E-state index is 12.2. The molecule has 0 radical (unpaired) electrons. The maximum Gasteiger partial charge on any atom is 0.255 e. The number of halogens is 1. The zero-order chi connectivity index (χ0) is 13.7. The van der Waals surface area contributed by atoms with Crippen molar-refractivity contribution < 1.29 is 0 Å². The van der Waals surface area contributed by atoms with E-state index in [-0.39, 0.29) is 5.56 Å². The van der Waals surface area contributed by atoms with Crippen molar-refractivity contribution in [1.29, 1.82) is 0 Å². The molecule has 3 nitrogen and oxygen atoms in total. The fourth-order valence-electron chi connectivity index (χ4n) is 3.08. The Balaban J connectivity index is 1.69. The van der Waals surface area contributed by atoms with E-state index < -0.39 is 0 Å². The van der Waals surface area contributed by atoms with E-state index in [0.717, 1.165) is 31.6 Å². The first kappa shape index (κ1) is 12.2. The zero-order valence-corrected chi connectivity index (χ0v) is 11.8. The Morgan fingerprint density at radius 1 is 1.30 bits per heavy atom. The van der Waals surface area contributed by atoms with E-state index in [1.807, 2.05) is 4.57 Å². The van der Waals surface area contributed by atoms with Gasteiger partial charge in [-0.1, -0.05) is 35.9 Å². The van der Waals surface area contributed by atoms with Gasteiger partial charge in [0.25, 0.3) is 5.56 Å². The third-order valence-electron chi connectivity index (χ3n) is 4.31. The van der Waals surface area contributed by atoms with Crippen LogP contribution in [0.4, 0.5) is 0 Å². The summed E-state index contributed by atoms with van der Waals surface area (Å²) in [5.74, 6) is 1.74. The van der Waals surface area contributed by atoms with Gasteiger partial charge in [-0.05, 0) is 30.4 Å². The van der Waals surface area contributed by atoms with Crippen molar-refractivity contribution in [2.75, 3.05) is 0 Å². The van der Waals surface area contributed by atoms with Gasteiger partial charge in [-0.2, -0.15) is 0 Å². The van der Waals surface area contributed by atoms with E-state index in [2.05, 4.69) is 29.2 Å². The predicted octanol–water partition coefficient (Wildman–Crippen LogP) is 3.11. The number of hydrogen-bond donors (Lipinski definition) is 0. The molecule has 20 heavy (non-hydrogen) atoms. The number of aromatic nitrogens is 2. The topological polar surface area (TPSA) is 34.9 Å². The minimum atomic E-state index is -0.0173. The van der Waals surface area contributed by atoms with E-state index in [4.69, 9.17) is 11.6 Å². The van der Waals surface area contributed by atoms with Crippen molar-refractivity contribution in [2.24, 2.45) is 0 Å². The van der Waals surface area contributed by atoms with Crippen molar-refractivity contribution in [1.82, 2.24) is 9.55 Å². The Kier molecular flexibility index (Phi) is 2.71. The molecule has 0 spiro atoms. The van der Waals surface area contributed by atoms with Gasteiger partial charge in [-0.15, -0.1) is 0 Å². The minimum absolute atomic E-state index is 0.0173. The second kappa shape index (κ2) is 4.45. The molecule has 1 aromatic heterocycles. The molecule has 4 rings (SSSR count). The molecule has 2 aromatic rings. The van der Waals surface area contributed by atoms with Crippen LogP contribution in [0.5, 0.6) is 0 Å². The molecular formula is C16H15ClN2O. The summed E-state index contributed by atoms with van der Waals surface area (Å²) in [6.07, 6.45) is 3.29. The van der Waals surface area contributed by atoms with Gasteiger partial charge < -0.3 is 0 Å². The molecule has 1 aromatic carbocycles. The zero-order valence-electron chi connectivity index (χ0n) is 11.1. The van der Waals surface area contributed by atoms with Crippen LogP contribution in [0, 0.1) is 0 Å². The predicted molar refractivity (Wildman–Crippen MR) is 78.4 cm³/mol. The molecule has 0 saturated heterocycles. The van der Waals surface area contributed by atoms with Crippen LogP contribution in [0.3, 0.4) is 0 Å². The number of nitrogens with zero attached hydrogens (tertiary/aromatic N) is 2. The van der Waals surface area contributed by atoms with Crippen LogP contribution in [0.1, 0.15) is 41.6 Å². The Hall–Kier alpha value is -1.61. The Labute approximate surface area is 122 Å². The van der Waals surface area contributed by atoms with Crippen LogP contribution in [0.2, 0.25) is 5.15 Å². The number of fused-ring (bicyclic) bond motifs is 1. The third-order valence-corrected chi connectivity index (χ3v) is 4.51. The molecule has 2 aliphatic rings. The summed E-state index contributed by atoms with van der Waals surface area (Å²) in [5.41, 5.74) is 2.76. The summed E-state index contributed by atoms with van der Waals surface area (Å²) in [6.45, 7) is 0.728. The molecule has 2 aliphatic carbocycles. The molecule has 1 unspecified atom stereocenters. The van der Waals surface area contributed by atoms with Gasteiger partial charge >= 0.3 is 0 Å². The molecule has 0 bridgehead atoms. The van der Waals surface area contributed by atoms with Crippen molar-refractivity contribution in [3.05, 3.63) is 62.8 Å². The van der Waals surface area contributed by atoms with Gasteiger partial charge in [0.2, 0.25) is 0 Å². The van der Waals surface area contributed by atoms with E-state index >= 15 is 0 Å². The molecule has 0 aliphatic heterocycles. The summed E-state index contributed by atoms with van der Waals surface area (Å²) in [4.78, 5) is 16.6. The van der Waals surface area contributed by atoms with Gasteiger partial charge in [0, 0.05) is 24.4 Å². The van der Waals surface area contributed by atoms with Crippen LogP contribution in [-0.4, -0.2) is 9.55 Å². The molecule has 0 amide bonds. The monoisotopic (exact) mass is 286 g/mol. The highest BCUT2D eigenvalue weighted by Crippen LogP contribution is 2.40. The number of benzene rings is 1. The highest BCUT2D eigenvalue weighted by Gasteiger charge is 2.32. The molecule has 1 atom stereocenters. The fraction of sp³-hybridized carbons (Fsp3) is 0.375. The standard InChI is InChI=1S/C16H15ClN2O/c17-14-8-15(20)19(16(18-14)10-5-6-10)9-12-7-11-3-1-2-4-13(11)12/h1-4,8,10,12H,5-7,9H2. The quantitative estimate of drug-likeness (QED) is 0.813.